The monoisotopic (exact) mass is 266 g/mol. The van der Waals surface area contributed by atoms with Gasteiger partial charge < -0.3 is 5.11 Å². The molecule has 3 heteroatoms. The average Bonchev–Trinajstić information content (AvgIpc) is 2.78. The van der Waals surface area contributed by atoms with Crippen molar-refractivity contribution in [3.63, 3.8) is 0 Å². The molecule has 1 atom stereocenters. The third-order valence-corrected chi connectivity index (χ3v) is 3.86. The van der Waals surface area contributed by atoms with Gasteiger partial charge in [-0.15, -0.1) is 0 Å². The lowest BCUT2D eigenvalue weighted by molar-refractivity contribution is 0.0474. The minimum Gasteiger partial charge on any atom is -0.390 e. The molecule has 1 unspecified atom stereocenters. The van der Waals surface area contributed by atoms with Gasteiger partial charge in [-0.25, -0.2) is 0 Å². The number of aromatic nitrogens is 2. The molecule has 19 heavy (non-hydrogen) atoms. The summed E-state index contributed by atoms with van der Waals surface area (Å²) in [5.41, 5.74) is 0.385. The summed E-state index contributed by atoms with van der Waals surface area (Å²) in [6.45, 7) is 8.50. The second-order valence-corrected chi connectivity index (χ2v) is 5.89. The summed E-state index contributed by atoms with van der Waals surface area (Å²) < 4.78 is 2.05. The van der Waals surface area contributed by atoms with Crippen LogP contribution in [0.1, 0.15) is 78.0 Å². The van der Waals surface area contributed by atoms with Crippen molar-refractivity contribution in [3.05, 3.63) is 18.0 Å². The molecule has 0 radical (unpaired) electrons. The van der Waals surface area contributed by atoms with Crippen LogP contribution in [0.2, 0.25) is 0 Å². The van der Waals surface area contributed by atoms with Crippen molar-refractivity contribution >= 4 is 0 Å². The first-order valence-corrected chi connectivity index (χ1v) is 7.78. The Labute approximate surface area is 118 Å². The van der Waals surface area contributed by atoms with Crippen LogP contribution >= 0.6 is 0 Å². The van der Waals surface area contributed by atoms with Crippen LogP contribution in [0.5, 0.6) is 0 Å². The van der Waals surface area contributed by atoms with Crippen LogP contribution < -0.4 is 0 Å². The van der Waals surface area contributed by atoms with Crippen LogP contribution in [0, 0.1) is 0 Å². The van der Waals surface area contributed by atoms with Crippen molar-refractivity contribution in [2.24, 2.45) is 0 Å². The van der Waals surface area contributed by atoms with Gasteiger partial charge in [-0.1, -0.05) is 40.0 Å². The van der Waals surface area contributed by atoms with Crippen LogP contribution in [0.3, 0.4) is 0 Å². The number of aliphatic hydroxyl groups is 1. The largest absolute Gasteiger partial charge is 0.390 e. The second kappa shape index (κ2) is 7.68. The first-order chi connectivity index (χ1) is 9.02. The molecule has 0 amide bonds. The standard InChI is InChI=1S/C16H30N2O/c1-5-8-9-11-16(4,19)13-14-10-12-18(17-14)15(6-2)7-3/h10,12,15,19H,5-9,11,13H2,1-4H3. The highest BCUT2D eigenvalue weighted by atomic mass is 16.3. The molecule has 0 fully saturated rings. The lowest BCUT2D eigenvalue weighted by Crippen LogP contribution is -2.27. The van der Waals surface area contributed by atoms with Gasteiger partial charge in [0.25, 0.3) is 0 Å². The summed E-state index contributed by atoms with van der Waals surface area (Å²) in [4.78, 5) is 0. The molecule has 0 aliphatic heterocycles. The molecule has 0 saturated carbocycles. The number of hydrogen-bond donors (Lipinski definition) is 1. The van der Waals surface area contributed by atoms with Crippen molar-refractivity contribution < 1.29 is 5.11 Å². The average molecular weight is 266 g/mol. The van der Waals surface area contributed by atoms with Gasteiger partial charge in [0.1, 0.15) is 0 Å². The Morgan fingerprint density at radius 3 is 2.53 bits per heavy atom. The SMILES string of the molecule is CCCCCC(C)(O)Cc1ccn(C(CC)CC)n1. The van der Waals surface area contributed by atoms with E-state index in [-0.39, 0.29) is 0 Å². The molecule has 1 aromatic rings. The predicted octanol–water partition coefficient (Wildman–Crippen LogP) is 4.12. The molecular formula is C16H30N2O. The first-order valence-electron chi connectivity index (χ1n) is 7.78. The van der Waals surface area contributed by atoms with Crippen molar-refractivity contribution in [2.45, 2.75) is 84.3 Å². The molecule has 1 N–H and O–H groups in total. The highest BCUT2D eigenvalue weighted by Gasteiger charge is 2.22. The van der Waals surface area contributed by atoms with E-state index in [1.165, 1.54) is 12.8 Å². The fourth-order valence-corrected chi connectivity index (χ4v) is 2.57. The van der Waals surface area contributed by atoms with Gasteiger partial charge in [0.15, 0.2) is 0 Å². The van der Waals surface area contributed by atoms with E-state index in [9.17, 15) is 5.11 Å². The number of hydrogen-bond acceptors (Lipinski definition) is 2. The number of nitrogens with zero attached hydrogens (tertiary/aromatic N) is 2. The molecule has 1 rings (SSSR count). The van der Waals surface area contributed by atoms with Crippen molar-refractivity contribution in [1.29, 1.82) is 0 Å². The van der Waals surface area contributed by atoms with Gasteiger partial charge >= 0.3 is 0 Å². The Morgan fingerprint density at radius 1 is 1.26 bits per heavy atom. The zero-order valence-corrected chi connectivity index (χ0v) is 13.0. The van der Waals surface area contributed by atoms with E-state index in [1.54, 1.807) is 0 Å². The lowest BCUT2D eigenvalue weighted by Gasteiger charge is -2.22. The molecule has 0 bridgehead atoms. The maximum atomic E-state index is 10.4. The Bertz CT molecular complexity index is 353. The number of unbranched alkanes of at least 4 members (excludes halogenated alkanes) is 2. The molecule has 1 aromatic heterocycles. The fourth-order valence-electron chi connectivity index (χ4n) is 2.57. The van der Waals surface area contributed by atoms with Gasteiger partial charge in [0.05, 0.1) is 17.3 Å². The summed E-state index contributed by atoms with van der Waals surface area (Å²) in [6.07, 6.45) is 9.25. The summed E-state index contributed by atoms with van der Waals surface area (Å²) in [6, 6.07) is 2.53. The van der Waals surface area contributed by atoms with Crippen LogP contribution in [0.15, 0.2) is 12.3 Å². The highest BCUT2D eigenvalue weighted by Crippen LogP contribution is 2.21. The zero-order chi connectivity index (χ0) is 14.3. The van der Waals surface area contributed by atoms with Gasteiger partial charge in [0, 0.05) is 12.6 Å². The van der Waals surface area contributed by atoms with Gasteiger partial charge in [-0.2, -0.15) is 5.10 Å². The van der Waals surface area contributed by atoms with E-state index >= 15 is 0 Å². The lowest BCUT2D eigenvalue weighted by atomic mass is 9.93. The minimum absolute atomic E-state index is 0.485. The quantitative estimate of drug-likeness (QED) is 0.683. The smallest absolute Gasteiger partial charge is 0.0675 e. The zero-order valence-electron chi connectivity index (χ0n) is 13.0. The Hall–Kier alpha value is -0.830. The predicted molar refractivity (Wildman–Crippen MR) is 80.3 cm³/mol. The Morgan fingerprint density at radius 2 is 1.95 bits per heavy atom. The minimum atomic E-state index is -0.623. The number of rotatable bonds is 9. The summed E-state index contributed by atoms with van der Waals surface area (Å²) in [7, 11) is 0. The second-order valence-electron chi connectivity index (χ2n) is 5.89. The van der Waals surface area contributed by atoms with E-state index in [2.05, 4.69) is 36.7 Å². The van der Waals surface area contributed by atoms with Crippen molar-refractivity contribution in [3.8, 4) is 0 Å². The fraction of sp³-hybridized carbons (Fsp3) is 0.812. The van der Waals surface area contributed by atoms with Crippen LogP contribution in [-0.4, -0.2) is 20.5 Å². The third-order valence-electron chi connectivity index (χ3n) is 3.86. The van der Waals surface area contributed by atoms with Crippen LogP contribution in [0.25, 0.3) is 0 Å². The van der Waals surface area contributed by atoms with E-state index in [1.807, 2.05) is 13.0 Å². The maximum absolute atomic E-state index is 10.4. The molecule has 1 heterocycles. The summed E-state index contributed by atoms with van der Waals surface area (Å²) in [5, 5.41) is 15.0. The van der Waals surface area contributed by atoms with Crippen molar-refractivity contribution in [2.75, 3.05) is 0 Å². The normalized spacial score (nSPS) is 14.8. The van der Waals surface area contributed by atoms with E-state index in [0.717, 1.165) is 31.4 Å². The maximum Gasteiger partial charge on any atom is 0.0675 e. The van der Waals surface area contributed by atoms with Gasteiger partial charge in [-0.05, 0) is 32.3 Å². The van der Waals surface area contributed by atoms with E-state index in [0.29, 0.717) is 12.5 Å². The molecule has 0 aliphatic carbocycles. The van der Waals surface area contributed by atoms with Crippen LogP contribution in [0.4, 0.5) is 0 Å². The topological polar surface area (TPSA) is 38.0 Å². The molecule has 0 aliphatic rings. The van der Waals surface area contributed by atoms with Crippen molar-refractivity contribution in [1.82, 2.24) is 9.78 Å². The molecule has 0 spiro atoms. The van der Waals surface area contributed by atoms with E-state index in [4.69, 9.17) is 0 Å². The molecule has 3 nitrogen and oxygen atoms in total. The molecule has 0 saturated heterocycles. The summed E-state index contributed by atoms with van der Waals surface area (Å²) in [5.74, 6) is 0. The first kappa shape index (κ1) is 16.2. The molecular weight excluding hydrogens is 236 g/mol. The Kier molecular flexibility index (Phi) is 6.56. The summed E-state index contributed by atoms with van der Waals surface area (Å²) >= 11 is 0. The Balaban J connectivity index is 2.56. The molecule has 110 valence electrons. The van der Waals surface area contributed by atoms with Gasteiger partial charge in [-0.3, -0.25) is 4.68 Å². The van der Waals surface area contributed by atoms with Gasteiger partial charge in [0.2, 0.25) is 0 Å². The highest BCUT2D eigenvalue weighted by molar-refractivity contribution is 5.04. The van der Waals surface area contributed by atoms with E-state index < -0.39 is 5.60 Å². The third kappa shape index (κ3) is 5.35. The van der Waals surface area contributed by atoms with Crippen LogP contribution in [-0.2, 0) is 6.42 Å². The molecule has 0 aromatic carbocycles.